The Morgan fingerprint density at radius 1 is 0.488 bits per heavy atom. The molecule has 4 aliphatic heterocycles. The Labute approximate surface area is 261 Å². The lowest BCUT2D eigenvalue weighted by molar-refractivity contribution is -0.0423. The van der Waals surface area contributed by atoms with Crippen molar-refractivity contribution in [3.63, 3.8) is 0 Å². The van der Waals surface area contributed by atoms with Gasteiger partial charge in [0.05, 0.1) is 0 Å². The van der Waals surface area contributed by atoms with Crippen molar-refractivity contribution < 1.29 is 65.8 Å². The minimum Gasteiger partial charge on any atom is -0.422 e. The Kier molecular flexibility index (Phi) is 11.1. The molecule has 0 aliphatic carbocycles. The Hall–Kier alpha value is 2.18. The predicted octanol–water partition coefficient (Wildman–Crippen LogP) is -1.18. The van der Waals surface area contributed by atoms with E-state index in [0.717, 1.165) is 0 Å². The average molecular weight is 810 g/mol. The van der Waals surface area contributed by atoms with Crippen molar-refractivity contribution in [2.75, 3.05) is 0 Å². The molecule has 0 radical (unpaired) electrons. The molecule has 4 saturated heterocycles. The fourth-order valence-corrected chi connectivity index (χ4v) is 55.5. The van der Waals surface area contributed by atoms with E-state index in [2.05, 4.69) is 0 Å². The van der Waals surface area contributed by atoms with E-state index in [0.29, 0.717) is 0 Å². The van der Waals surface area contributed by atoms with Gasteiger partial charge in [0.1, 0.15) is 10.5 Å². The number of rotatable bonds is 9. The summed E-state index contributed by atoms with van der Waals surface area (Å²) in [6.07, 6.45) is 0. The summed E-state index contributed by atoms with van der Waals surface area (Å²) >= 11 is 0. The first-order valence-electron chi connectivity index (χ1n) is 13.6. The third kappa shape index (κ3) is 8.76. The molecule has 8 unspecified atom stereocenters. The fourth-order valence-electron chi connectivity index (χ4n) is 4.53. The molecule has 29 heteroatoms. The molecule has 0 aromatic carbocycles. The predicted molar refractivity (Wildman–Crippen MR) is 174 cm³/mol. The van der Waals surface area contributed by atoms with Gasteiger partial charge in [-0.15, -0.1) is 0 Å². The maximum atomic E-state index is 6.85. The quantitative estimate of drug-likeness (QED) is 0.257. The largest absolute Gasteiger partial charge is 0.649 e. The van der Waals surface area contributed by atoms with Crippen LogP contribution in [0, 0.1) is 0 Å². The molecule has 240 valence electrons. The van der Waals surface area contributed by atoms with Crippen LogP contribution in [0.1, 0.15) is 0 Å². The number of hydrogen-bond acceptors (Lipinski definition) is 16. The third-order valence-corrected chi connectivity index (χ3v) is 47.1. The summed E-state index contributed by atoms with van der Waals surface area (Å²) in [6, 6.07) is 0. The van der Waals surface area contributed by atoms with Gasteiger partial charge in [-0.2, -0.15) is 0 Å². The van der Waals surface area contributed by atoms with E-state index in [-0.39, 0.29) is 10.5 Å². The Morgan fingerprint density at radius 3 is 1.44 bits per heavy atom. The SMILES string of the molecule is C[SiH](C)O[SiH]1O[Si]2(C)O[Si]3(C)O[Si]4(C)O[Si](C)(O2)O[Si](O[SiH](C)C)(O1)O[Si](O[SiH](C)C)(O4)O[Si](O[SiH3])(O[SiH](C)C)O3. The zero-order chi connectivity index (χ0) is 30.7. The van der Waals surface area contributed by atoms with Gasteiger partial charge in [-0.05, 0) is 52.4 Å². The van der Waals surface area contributed by atoms with Crippen LogP contribution in [0.4, 0.5) is 0 Å². The average Bonchev–Trinajstić information content (AvgIpc) is 2.65. The molecule has 16 nitrogen and oxygen atoms in total. The van der Waals surface area contributed by atoms with E-state index in [1.807, 2.05) is 52.4 Å². The van der Waals surface area contributed by atoms with E-state index < -0.39 is 108 Å². The van der Waals surface area contributed by atoms with Gasteiger partial charge in [0.2, 0.25) is 0 Å². The molecule has 4 heterocycles. The Bertz CT molecular complexity index is 956. The van der Waals surface area contributed by atoms with Gasteiger partial charge in [0.25, 0.3) is 0 Å². The van der Waals surface area contributed by atoms with E-state index in [1.54, 1.807) is 26.2 Å². The Morgan fingerprint density at radius 2 is 0.951 bits per heavy atom. The van der Waals surface area contributed by atoms with Crippen molar-refractivity contribution in [1.82, 2.24) is 0 Å². The lowest BCUT2D eigenvalue weighted by atomic mass is 11.9. The summed E-state index contributed by atoms with van der Waals surface area (Å²) in [5.41, 5.74) is 0. The highest BCUT2D eigenvalue weighted by molar-refractivity contribution is 6.99. The second-order valence-corrected chi connectivity index (χ2v) is 44.9. The molecule has 0 saturated carbocycles. The van der Waals surface area contributed by atoms with Gasteiger partial charge in [0.15, 0.2) is 36.2 Å². The molecule has 6 bridgehead atoms. The molecule has 0 aromatic heterocycles. The minimum absolute atomic E-state index is 0.202. The lowest BCUT2D eigenvalue weighted by Crippen LogP contribution is -2.84. The van der Waals surface area contributed by atoms with E-state index in [9.17, 15) is 0 Å². The standard InChI is InChI=1S/C12H44O16Si13/c1-30(2)14-34-18-35(9)20-36(10)22-38(12)23-37(11,21-35)25-40(19-34,16-32(5)6)28-41(26-38,17-33(7)8)27-39(13-29,24-36)15-31(3)4/h30-34H,1-12,29H3. The Balaban J connectivity index is 2.02. The van der Waals surface area contributed by atoms with Crippen LogP contribution in [0.5, 0.6) is 0 Å². The van der Waals surface area contributed by atoms with Crippen molar-refractivity contribution in [2.24, 2.45) is 0 Å². The van der Waals surface area contributed by atoms with E-state index in [1.165, 1.54) is 0 Å². The van der Waals surface area contributed by atoms with Crippen LogP contribution in [0.3, 0.4) is 0 Å². The molecule has 0 N–H and O–H groups in total. The van der Waals surface area contributed by atoms with Gasteiger partial charge in [0, 0.05) is 26.2 Å². The van der Waals surface area contributed by atoms with Crippen molar-refractivity contribution in [1.29, 1.82) is 0 Å². The van der Waals surface area contributed by atoms with Crippen LogP contribution in [-0.2, 0) is 65.8 Å². The molecule has 4 fully saturated rings. The molecular formula is C12H44O16Si13. The van der Waals surface area contributed by atoms with Crippen molar-refractivity contribution >= 4 is 119 Å². The van der Waals surface area contributed by atoms with Crippen LogP contribution in [0.15, 0.2) is 0 Å². The van der Waals surface area contributed by atoms with Gasteiger partial charge in [-0.25, -0.2) is 0 Å². The molecule has 0 aromatic rings. The van der Waals surface area contributed by atoms with Crippen molar-refractivity contribution in [2.45, 2.75) is 78.6 Å². The molecule has 4 rings (SSSR count). The molecule has 0 spiro atoms. The third-order valence-electron chi connectivity index (χ3n) is 5.24. The molecule has 4 aliphatic rings. The number of fused-ring (bicyclic) bond motifs is 4. The normalized spacial score (nSPS) is 47.0. The van der Waals surface area contributed by atoms with Crippen LogP contribution >= 0.6 is 0 Å². The lowest BCUT2D eigenvalue weighted by Gasteiger charge is -2.56. The highest BCUT2D eigenvalue weighted by Gasteiger charge is 2.79. The summed E-state index contributed by atoms with van der Waals surface area (Å²) < 4.78 is 106. The van der Waals surface area contributed by atoms with Crippen LogP contribution in [0.25, 0.3) is 0 Å². The number of hydrogen-bond donors (Lipinski definition) is 0. The monoisotopic (exact) mass is 808 g/mol. The van der Waals surface area contributed by atoms with Crippen LogP contribution < -0.4 is 0 Å². The fraction of sp³-hybridized carbons (Fsp3) is 1.00. The summed E-state index contributed by atoms with van der Waals surface area (Å²) in [6.45, 7) is 22.7. The first-order valence-corrected chi connectivity index (χ1v) is 40.7. The summed E-state index contributed by atoms with van der Waals surface area (Å²) in [4.78, 5) is 0. The maximum Gasteiger partial charge on any atom is 0.649 e. The second-order valence-electron chi connectivity index (χ2n) is 11.3. The van der Waals surface area contributed by atoms with Crippen molar-refractivity contribution in [3.8, 4) is 0 Å². The van der Waals surface area contributed by atoms with Crippen molar-refractivity contribution in [3.05, 3.63) is 0 Å². The minimum atomic E-state index is -4.40. The topological polar surface area (TPSA) is 148 Å². The zero-order valence-electron chi connectivity index (χ0n) is 25.9. The van der Waals surface area contributed by atoms with E-state index >= 15 is 0 Å². The first kappa shape index (κ1) is 36.0. The van der Waals surface area contributed by atoms with Crippen LogP contribution in [-0.4, -0.2) is 119 Å². The highest BCUT2D eigenvalue weighted by Crippen LogP contribution is 2.45. The molecule has 0 amide bonds. The highest BCUT2D eigenvalue weighted by atomic mass is 28.6. The molecule has 8 atom stereocenters. The van der Waals surface area contributed by atoms with Gasteiger partial charge in [-0.1, -0.05) is 0 Å². The second kappa shape index (κ2) is 12.7. The van der Waals surface area contributed by atoms with Gasteiger partial charge >= 0.3 is 71.9 Å². The smallest absolute Gasteiger partial charge is 0.422 e. The summed E-state index contributed by atoms with van der Waals surface area (Å²) in [7, 11) is -38.2. The van der Waals surface area contributed by atoms with Gasteiger partial charge < -0.3 is 65.8 Å². The first-order chi connectivity index (χ1) is 18.7. The maximum absolute atomic E-state index is 6.85. The van der Waals surface area contributed by atoms with E-state index in [4.69, 9.17) is 65.8 Å². The summed E-state index contributed by atoms with van der Waals surface area (Å²) in [5.74, 6) is 0. The molecular weight excluding hydrogens is 765 g/mol. The molecule has 41 heavy (non-hydrogen) atoms. The van der Waals surface area contributed by atoms with Crippen LogP contribution in [0.2, 0.25) is 78.6 Å². The zero-order valence-corrected chi connectivity index (χ0v) is 40.7. The summed E-state index contributed by atoms with van der Waals surface area (Å²) in [5, 5.41) is 0. The van der Waals surface area contributed by atoms with Gasteiger partial charge in [-0.3, -0.25) is 0 Å².